The maximum Gasteiger partial charge on any atom is 0.345 e. The highest BCUT2D eigenvalue weighted by Gasteiger charge is 2.28. The molecule has 0 aliphatic carbocycles. The molecule has 0 radical (unpaired) electrons. The van der Waals surface area contributed by atoms with Gasteiger partial charge in [-0.3, -0.25) is 15.1 Å². The lowest BCUT2D eigenvalue weighted by molar-refractivity contribution is 0.0941. The van der Waals surface area contributed by atoms with Crippen molar-refractivity contribution >= 4 is 68.1 Å². The highest BCUT2D eigenvalue weighted by Crippen LogP contribution is 2.47. The Hall–Kier alpha value is -3.00. The highest BCUT2D eigenvalue weighted by atomic mass is 35.5. The van der Waals surface area contributed by atoms with E-state index in [9.17, 15) is 9.59 Å². The Morgan fingerprint density at radius 3 is 2.07 bits per heavy atom. The molecule has 5 nitrogen and oxygen atoms in total. The largest absolute Gasteiger partial charge is 0.345 e. The molecule has 2 heterocycles. The average Bonchev–Trinajstić information content (AvgIpc) is 3.12. The number of nitrogens with zero attached hydrogens (tertiary/aromatic N) is 1. The van der Waals surface area contributed by atoms with E-state index in [1.807, 2.05) is 72.8 Å². The van der Waals surface area contributed by atoms with Gasteiger partial charge in [-0.15, -0.1) is 11.3 Å². The second kappa shape index (κ2) is 7.68. The lowest BCUT2D eigenvalue weighted by Crippen LogP contribution is -2.47. The molecular weight excluding hydrogens is 438 g/mol. The van der Waals surface area contributed by atoms with Crippen LogP contribution in [0.5, 0.6) is 0 Å². The molecule has 1 aliphatic heterocycles. The fourth-order valence-electron chi connectivity index (χ4n) is 3.31. The molecule has 3 aromatic carbocycles. The molecule has 0 fully saturated rings. The van der Waals surface area contributed by atoms with Crippen molar-refractivity contribution in [3.8, 4) is 0 Å². The quantitative estimate of drug-likeness (QED) is 0.338. The summed E-state index contributed by atoms with van der Waals surface area (Å²) in [6.07, 6.45) is 0. The molecular formula is C22H14ClN3O2S2. The van der Waals surface area contributed by atoms with Crippen LogP contribution >= 0.6 is 34.7 Å². The first-order valence-corrected chi connectivity index (χ1v) is 11.1. The van der Waals surface area contributed by atoms with E-state index >= 15 is 0 Å². The summed E-state index contributed by atoms with van der Waals surface area (Å²) >= 11 is 9.26. The number of hydrogen-bond donors (Lipinski definition) is 2. The molecule has 0 spiro atoms. The van der Waals surface area contributed by atoms with Gasteiger partial charge < -0.3 is 0 Å². The van der Waals surface area contributed by atoms with Gasteiger partial charge in [0.2, 0.25) is 0 Å². The molecule has 0 unspecified atom stereocenters. The molecule has 1 aliphatic rings. The number of thiophene rings is 1. The predicted octanol–water partition coefficient (Wildman–Crippen LogP) is 6.21. The number of fused-ring (bicyclic) bond motifs is 3. The number of nitrogens with one attached hydrogen (secondary N) is 2. The van der Waals surface area contributed by atoms with Crippen LogP contribution in [0.15, 0.2) is 82.6 Å². The van der Waals surface area contributed by atoms with E-state index in [2.05, 4.69) is 10.9 Å². The van der Waals surface area contributed by atoms with Crippen LogP contribution in [0.3, 0.4) is 0 Å². The van der Waals surface area contributed by atoms with Crippen molar-refractivity contribution < 1.29 is 9.59 Å². The lowest BCUT2D eigenvalue weighted by Gasteiger charge is -2.30. The zero-order valence-corrected chi connectivity index (χ0v) is 17.8. The van der Waals surface area contributed by atoms with E-state index in [4.69, 9.17) is 11.6 Å². The Morgan fingerprint density at radius 1 is 0.800 bits per heavy atom. The van der Waals surface area contributed by atoms with Crippen molar-refractivity contribution in [3.05, 3.63) is 82.7 Å². The number of rotatable bonds is 1. The van der Waals surface area contributed by atoms with Gasteiger partial charge in [0.05, 0.1) is 16.4 Å². The van der Waals surface area contributed by atoms with Crippen LogP contribution in [0.4, 0.5) is 16.2 Å². The van der Waals surface area contributed by atoms with Gasteiger partial charge in [0.1, 0.15) is 4.88 Å². The van der Waals surface area contributed by atoms with Crippen LogP contribution in [-0.4, -0.2) is 11.9 Å². The van der Waals surface area contributed by atoms with Gasteiger partial charge in [-0.1, -0.05) is 65.8 Å². The second-order valence-electron chi connectivity index (χ2n) is 6.50. The van der Waals surface area contributed by atoms with E-state index < -0.39 is 11.9 Å². The molecule has 0 saturated heterocycles. The molecule has 4 aromatic rings. The Bertz CT molecular complexity index is 1260. The summed E-state index contributed by atoms with van der Waals surface area (Å²) in [5.41, 5.74) is 6.54. The highest BCUT2D eigenvalue weighted by molar-refractivity contribution is 7.99. The van der Waals surface area contributed by atoms with Crippen LogP contribution in [0.1, 0.15) is 9.67 Å². The van der Waals surface area contributed by atoms with Gasteiger partial charge in [-0.2, -0.15) is 0 Å². The summed E-state index contributed by atoms with van der Waals surface area (Å²) in [5, 5.41) is 1.20. The first-order chi connectivity index (χ1) is 14.6. The molecule has 0 bridgehead atoms. The maximum absolute atomic E-state index is 13.1. The SMILES string of the molecule is O=C(NNC(=O)N1c2ccccc2Sc2ccccc21)c1sc2ccccc2c1Cl. The summed E-state index contributed by atoms with van der Waals surface area (Å²) in [6.45, 7) is 0. The minimum atomic E-state index is -0.458. The molecule has 3 amide bonds. The van der Waals surface area contributed by atoms with Crippen molar-refractivity contribution in [1.82, 2.24) is 10.9 Å². The van der Waals surface area contributed by atoms with Gasteiger partial charge in [0.25, 0.3) is 5.91 Å². The standard InChI is InChI=1S/C22H14ClN3O2S2/c23-19-13-7-1-4-10-16(13)30-20(19)21(27)24-25-22(28)26-14-8-2-5-11-17(14)29-18-12-6-3-9-15(18)26/h1-12H,(H,24,27)(H,25,28). The Morgan fingerprint density at radius 2 is 1.40 bits per heavy atom. The summed E-state index contributed by atoms with van der Waals surface area (Å²) in [4.78, 5) is 29.6. The van der Waals surface area contributed by atoms with E-state index in [-0.39, 0.29) is 0 Å². The monoisotopic (exact) mass is 451 g/mol. The Balaban J connectivity index is 1.41. The van der Waals surface area contributed by atoms with Crippen molar-refractivity contribution in [2.75, 3.05) is 4.90 Å². The number of hydrogen-bond acceptors (Lipinski definition) is 4. The fraction of sp³-hybridized carbons (Fsp3) is 0. The number of benzene rings is 3. The van der Waals surface area contributed by atoms with E-state index in [0.29, 0.717) is 9.90 Å². The van der Waals surface area contributed by atoms with Crippen LogP contribution in [0.25, 0.3) is 10.1 Å². The van der Waals surface area contributed by atoms with E-state index in [0.717, 1.165) is 31.3 Å². The summed E-state index contributed by atoms with van der Waals surface area (Å²) in [5.74, 6) is -0.456. The molecule has 8 heteroatoms. The Labute approximate surface area is 185 Å². The third-order valence-corrected chi connectivity index (χ3v) is 7.46. The van der Waals surface area contributed by atoms with Crippen LogP contribution in [0, 0.1) is 0 Å². The van der Waals surface area contributed by atoms with Crippen molar-refractivity contribution in [3.63, 3.8) is 0 Å². The molecule has 0 atom stereocenters. The minimum Gasteiger partial charge on any atom is -0.266 e. The number of para-hydroxylation sites is 2. The fourth-order valence-corrected chi connectivity index (χ4v) is 5.78. The number of hydrazine groups is 1. The number of halogens is 1. The molecule has 0 saturated carbocycles. The molecule has 30 heavy (non-hydrogen) atoms. The van der Waals surface area contributed by atoms with Gasteiger partial charge >= 0.3 is 6.03 Å². The van der Waals surface area contributed by atoms with Gasteiger partial charge in [0, 0.05) is 19.9 Å². The van der Waals surface area contributed by atoms with Gasteiger partial charge in [-0.05, 0) is 30.3 Å². The number of urea groups is 1. The number of carbonyl (C=O) groups excluding carboxylic acids is 2. The second-order valence-corrected chi connectivity index (χ2v) is 9.01. The number of amides is 3. The zero-order chi connectivity index (χ0) is 20.7. The van der Waals surface area contributed by atoms with Crippen molar-refractivity contribution in [2.45, 2.75) is 9.79 Å². The maximum atomic E-state index is 13.1. The smallest absolute Gasteiger partial charge is 0.266 e. The summed E-state index contributed by atoms with van der Waals surface area (Å²) in [6, 6.07) is 22.4. The third-order valence-electron chi connectivity index (χ3n) is 4.66. The lowest BCUT2D eigenvalue weighted by atomic mass is 10.2. The van der Waals surface area contributed by atoms with Gasteiger partial charge in [0.15, 0.2) is 0 Å². The number of carbonyl (C=O) groups is 2. The third kappa shape index (κ3) is 3.21. The summed E-state index contributed by atoms with van der Waals surface area (Å²) in [7, 11) is 0. The minimum absolute atomic E-state index is 0.355. The van der Waals surface area contributed by atoms with Crippen LogP contribution in [0.2, 0.25) is 5.02 Å². The zero-order valence-electron chi connectivity index (χ0n) is 15.4. The average molecular weight is 452 g/mol. The van der Waals surface area contributed by atoms with Crippen molar-refractivity contribution in [2.24, 2.45) is 0 Å². The molecule has 2 N–H and O–H groups in total. The van der Waals surface area contributed by atoms with Crippen LogP contribution < -0.4 is 15.8 Å². The molecule has 1 aromatic heterocycles. The van der Waals surface area contributed by atoms with E-state index in [1.165, 1.54) is 11.3 Å². The first-order valence-electron chi connectivity index (χ1n) is 9.07. The first kappa shape index (κ1) is 19.0. The molecule has 148 valence electrons. The van der Waals surface area contributed by atoms with Crippen LogP contribution in [-0.2, 0) is 0 Å². The topological polar surface area (TPSA) is 61.4 Å². The normalized spacial score (nSPS) is 12.2. The van der Waals surface area contributed by atoms with E-state index in [1.54, 1.807) is 16.7 Å². The summed E-state index contributed by atoms with van der Waals surface area (Å²) < 4.78 is 0.912. The van der Waals surface area contributed by atoms with Gasteiger partial charge in [-0.25, -0.2) is 10.2 Å². The Kier molecular flexibility index (Phi) is 4.86. The van der Waals surface area contributed by atoms with Crippen molar-refractivity contribution in [1.29, 1.82) is 0 Å². The molecule has 5 rings (SSSR count). The number of anilines is 2. The predicted molar refractivity (Wildman–Crippen MR) is 122 cm³/mol.